The van der Waals surface area contributed by atoms with Gasteiger partial charge in [-0.1, -0.05) is 0 Å². The van der Waals surface area contributed by atoms with Gasteiger partial charge in [0.25, 0.3) is 0 Å². The number of aromatic hydroxyl groups is 1. The summed E-state index contributed by atoms with van der Waals surface area (Å²) in [5, 5.41) is 27.2. The summed E-state index contributed by atoms with van der Waals surface area (Å²) in [5.74, 6) is -0.115. The van der Waals surface area contributed by atoms with Gasteiger partial charge in [-0.2, -0.15) is 15.3 Å². The minimum Gasteiger partial charge on any atom is -0.506 e. The highest BCUT2D eigenvalue weighted by molar-refractivity contribution is 7.89. The van der Waals surface area contributed by atoms with E-state index < -0.39 is 10.0 Å². The zero-order chi connectivity index (χ0) is 28.6. The Bertz CT molecular complexity index is 1550. The van der Waals surface area contributed by atoms with Crippen LogP contribution in [0.15, 0.2) is 85.5 Å². The maximum atomic E-state index is 11.4. The molecule has 3 aromatic rings. The van der Waals surface area contributed by atoms with E-state index in [4.69, 9.17) is 23.2 Å². The van der Waals surface area contributed by atoms with Crippen molar-refractivity contribution in [1.82, 2.24) is 19.8 Å². The number of phenolic OH excluding ortho intramolecular Hbond substituents is 1. The maximum Gasteiger partial charge on any atom is 0.240 e. The van der Waals surface area contributed by atoms with Crippen LogP contribution in [-0.2, 0) is 10.0 Å². The first-order valence-corrected chi connectivity index (χ1v) is 13.6. The van der Waals surface area contributed by atoms with E-state index in [9.17, 15) is 13.5 Å². The number of azo groups is 1. The van der Waals surface area contributed by atoms with Gasteiger partial charge in [0.05, 0.1) is 34.7 Å². The molecular formula is C24H27Cl2N9O3S. The first kappa shape index (κ1) is 29.8. The number of benzene rings is 2. The van der Waals surface area contributed by atoms with Gasteiger partial charge in [-0.25, -0.2) is 22.8 Å². The van der Waals surface area contributed by atoms with Gasteiger partial charge >= 0.3 is 0 Å². The zero-order valence-electron chi connectivity index (χ0n) is 21.5. The molecule has 12 nitrogen and oxygen atoms in total. The van der Waals surface area contributed by atoms with Crippen molar-refractivity contribution in [1.29, 1.82) is 0 Å². The number of sulfonamides is 1. The fourth-order valence-corrected chi connectivity index (χ4v) is 4.38. The monoisotopic (exact) mass is 591 g/mol. The van der Waals surface area contributed by atoms with Crippen LogP contribution >= 0.6 is 23.2 Å². The van der Waals surface area contributed by atoms with E-state index in [0.29, 0.717) is 6.54 Å². The second-order valence-electron chi connectivity index (χ2n) is 7.98. The Morgan fingerprint density at radius 3 is 2.41 bits per heavy atom. The van der Waals surface area contributed by atoms with Crippen molar-refractivity contribution < 1.29 is 13.5 Å². The summed E-state index contributed by atoms with van der Waals surface area (Å²) < 4.78 is 26.9. The van der Waals surface area contributed by atoms with Gasteiger partial charge in [0.2, 0.25) is 15.3 Å². The lowest BCUT2D eigenvalue weighted by molar-refractivity contribution is 0.475. The number of aliphatic imine (C=N–C) groups is 2. The van der Waals surface area contributed by atoms with Crippen molar-refractivity contribution in [2.45, 2.75) is 18.7 Å². The summed E-state index contributed by atoms with van der Waals surface area (Å²) in [6, 6.07) is 13.8. The van der Waals surface area contributed by atoms with Crippen LogP contribution in [0, 0.1) is 13.8 Å². The third-order valence-corrected chi connectivity index (χ3v) is 6.91. The van der Waals surface area contributed by atoms with E-state index in [1.165, 1.54) is 32.3 Å². The summed E-state index contributed by atoms with van der Waals surface area (Å²) in [7, 11) is -0.781. The van der Waals surface area contributed by atoms with Crippen LogP contribution in [0.25, 0.3) is 5.69 Å². The quantitative estimate of drug-likeness (QED) is 0.243. The van der Waals surface area contributed by atoms with Crippen LogP contribution in [0.5, 0.6) is 5.75 Å². The molecule has 0 radical (unpaired) electrons. The highest BCUT2D eigenvalue weighted by Crippen LogP contribution is 2.29. The third-order valence-electron chi connectivity index (χ3n) is 5.09. The maximum absolute atomic E-state index is 11.4. The van der Waals surface area contributed by atoms with Crippen molar-refractivity contribution in [2.75, 3.05) is 26.0 Å². The molecular weight excluding hydrogens is 565 g/mol. The molecule has 1 aliphatic rings. The van der Waals surface area contributed by atoms with Gasteiger partial charge in [-0.05, 0) is 92.6 Å². The Morgan fingerprint density at radius 1 is 1.08 bits per heavy atom. The fraction of sp³-hybridized carbons (Fsp3) is 0.208. The van der Waals surface area contributed by atoms with Crippen molar-refractivity contribution in [3.8, 4) is 11.4 Å². The molecule has 0 fully saturated rings. The first-order valence-electron chi connectivity index (χ1n) is 11.4. The van der Waals surface area contributed by atoms with Crippen LogP contribution in [0.3, 0.4) is 0 Å². The van der Waals surface area contributed by atoms with Gasteiger partial charge in [0.1, 0.15) is 11.4 Å². The molecule has 0 saturated carbocycles. The van der Waals surface area contributed by atoms with Crippen molar-refractivity contribution in [2.24, 2.45) is 20.2 Å². The number of nitrogens with one attached hydrogen (secondary N) is 3. The molecule has 0 amide bonds. The average Bonchev–Trinajstić information content (AvgIpc) is 3.24. The van der Waals surface area contributed by atoms with E-state index in [2.05, 4.69) is 40.7 Å². The Kier molecular flexibility index (Phi) is 10.2. The average molecular weight is 593 g/mol. The Balaban J connectivity index is 0.000000242. The number of aryl methyl sites for hydroxylation is 2. The van der Waals surface area contributed by atoms with Gasteiger partial charge in [0.15, 0.2) is 5.29 Å². The molecule has 15 heteroatoms. The van der Waals surface area contributed by atoms with Crippen LogP contribution in [0.4, 0.5) is 11.4 Å². The number of anilines is 1. The van der Waals surface area contributed by atoms with E-state index in [1.54, 1.807) is 6.20 Å². The molecule has 206 valence electrons. The lowest BCUT2D eigenvalue weighted by Crippen LogP contribution is -2.24. The number of hydrogen-bond donors (Lipinski definition) is 4. The summed E-state index contributed by atoms with van der Waals surface area (Å²) >= 11 is 11.7. The molecule has 0 unspecified atom stereocenters. The fourth-order valence-electron chi connectivity index (χ4n) is 3.30. The highest BCUT2D eigenvalue weighted by Gasteiger charge is 2.13. The third kappa shape index (κ3) is 8.35. The standard InChI is InChI=1S/C16H16Cl2N6.C8H11N3O3S/c1-10-7-11(2)24(23-10)14-5-3-12(4-6-14)21-13-8-19-15(17)22-16(18)20-9-13;1-9-11-7-5-6(3-4-8(7)12)15(13,14)10-2/h3-8,21H,9H2,1-2H3,(H,19,20,22);3-5,10,12H,1-2H3/b13-8+;. The number of nitrogens with zero attached hydrogens (tertiary/aromatic N) is 6. The molecule has 0 atom stereocenters. The highest BCUT2D eigenvalue weighted by atomic mass is 35.5. The van der Waals surface area contributed by atoms with Crippen LogP contribution in [0.2, 0.25) is 0 Å². The molecule has 2 heterocycles. The van der Waals surface area contributed by atoms with Crippen LogP contribution in [0.1, 0.15) is 11.4 Å². The van der Waals surface area contributed by atoms with Crippen molar-refractivity contribution in [3.63, 3.8) is 0 Å². The van der Waals surface area contributed by atoms with Gasteiger partial charge in [0, 0.05) is 18.4 Å². The number of amidine groups is 2. The molecule has 0 saturated heterocycles. The molecule has 0 spiro atoms. The van der Waals surface area contributed by atoms with Crippen molar-refractivity contribution in [3.05, 3.63) is 71.8 Å². The molecule has 4 rings (SSSR count). The molecule has 4 N–H and O–H groups in total. The summed E-state index contributed by atoms with van der Waals surface area (Å²) in [4.78, 5) is 8.24. The predicted molar refractivity (Wildman–Crippen MR) is 154 cm³/mol. The zero-order valence-corrected chi connectivity index (χ0v) is 23.8. The van der Waals surface area contributed by atoms with Crippen molar-refractivity contribution >= 4 is 55.2 Å². The SMILES string of the molecule is CN=Nc1cc(S(=O)(=O)NC)ccc1O.Cc1cc(C)n(-c2ccc(N/C3=C/N=C(Cl)NC(Cl)=NC3)cc2)n1. The summed E-state index contributed by atoms with van der Waals surface area (Å²) in [5.41, 5.74) is 4.91. The molecule has 0 aliphatic carbocycles. The van der Waals surface area contributed by atoms with Gasteiger partial charge < -0.3 is 15.7 Å². The van der Waals surface area contributed by atoms with Gasteiger partial charge in [-0.15, -0.1) is 0 Å². The molecule has 2 aromatic carbocycles. The van der Waals surface area contributed by atoms with Crippen LogP contribution < -0.4 is 15.4 Å². The topological polar surface area (TPSA) is 158 Å². The minimum absolute atomic E-state index is 0.0326. The lowest BCUT2D eigenvalue weighted by atomic mass is 10.2. The smallest absolute Gasteiger partial charge is 0.240 e. The molecule has 1 aromatic heterocycles. The summed E-state index contributed by atoms with van der Waals surface area (Å²) in [6.45, 7) is 4.38. The largest absolute Gasteiger partial charge is 0.506 e. The second-order valence-corrected chi connectivity index (χ2v) is 10.6. The predicted octanol–water partition coefficient (Wildman–Crippen LogP) is 4.55. The van der Waals surface area contributed by atoms with E-state index >= 15 is 0 Å². The lowest BCUT2D eigenvalue weighted by Gasteiger charge is -2.12. The van der Waals surface area contributed by atoms with Gasteiger partial charge in [-0.3, -0.25) is 4.99 Å². The minimum atomic E-state index is -3.52. The normalized spacial score (nSPS) is 15.1. The molecule has 1 aliphatic heterocycles. The van der Waals surface area contributed by atoms with E-state index in [-0.39, 0.29) is 26.9 Å². The molecule has 0 bridgehead atoms. The number of rotatable bonds is 6. The number of aromatic nitrogens is 2. The van der Waals surface area contributed by atoms with E-state index in [0.717, 1.165) is 28.5 Å². The van der Waals surface area contributed by atoms with Crippen LogP contribution in [-0.4, -0.2) is 54.5 Å². The Hall–Kier alpha value is -3.78. The van der Waals surface area contributed by atoms with E-state index in [1.807, 2.05) is 48.9 Å². The Labute approximate surface area is 236 Å². The number of halogens is 2. The number of phenols is 1. The Morgan fingerprint density at radius 2 is 1.79 bits per heavy atom. The second kappa shape index (κ2) is 13.3. The first-order chi connectivity index (χ1) is 18.5. The summed E-state index contributed by atoms with van der Waals surface area (Å²) in [6.07, 6.45) is 1.62. The number of hydrogen-bond acceptors (Lipinski definition) is 10. The molecule has 39 heavy (non-hydrogen) atoms.